The molecule has 0 aliphatic rings. The number of carboxylic acid groups (broad SMARTS) is 1. The first kappa shape index (κ1) is 12.7. The standard InChI is InChI=1S/C10H17NO3/c1-5-6(2)11-9(12)7(3)8(4)10(13)14/h6H,5H2,1-4H3,(H,11,12)(H,13,14). The average molecular weight is 199 g/mol. The quantitative estimate of drug-likeness (QED) is 0.671. The molecule has 1 unspecified atom stereocenters. The summed E-state index contributed by atoms with van der Waals surface area (Å²) in [5.74, 6) is -1.36. The van der Waals surface area contributed by atoms with Crippen molar-refractivity contribution in [3.8, 4) is 0 Å². The number of rotatable bonds is 4. The van der Waals surface area contributed by atoms with Crippen molar-refractivity contribution >= 4 is 11.9 Å². The molecule has 0 radical (unpaired) electrons. The monoisotopic (exact) mass is 199 g/mol. The fourth-order valence-electron chi connectivity index (χ4n) is 0.765. The minimum atomic E-state index is -1.05. The number of carbonyl (C=O) groups is 2. The van der Waals surface area contributed by atoms with E-state index in [1.807, 2.05) is 13.8 Å². The molecule has 0 rings (SSSR count). The number of hydrogen-bond acceptors (Lipinski definition) is 2. The lowest BCUT2D eigenvalue weighted by Gasteiger charge is -2.12. The first-order chi connectivity index (χ1) is 6.40. The zero-order valence-corrected chi connectivity index (χ0v) is 9.05. The van der Waals surface area contributed by atoms with Crippen molar-refractivity contribution in [1.29, 1.82) is 0 Å². The zero-order valence-electron chi connectivity index (χ0n) is 9.05. The molecule has 0 saturated heterocycles. The van der Waals surface area contributed by atoms with Crippen LogP contribution in [0.5, 0.6) is 0 Å². The van der Waals surface area contributed by atoms with Crippen LogP contribution in [0.1, 0.15) is 34.1 Å². The normalized spacial score (nSPS) is 14.3. The van der Waals surface area contributed by atoms with Gasteiger partial charge in [-0.05, 0) is 27.2 Å². The number of amides is 1. The van der Waals surface area contributed by atoms with Crippen LogP contribution in [-0.2, 0) is 9.59 Å². The third-order valence-electron chi connectivity index (χ3n) is 2.21. The van der Waals surface area contributed by atoms with Crippen molar-refractivity contribution in [3.63, 3.8) is 0 Å². The molecule has 0 aromatic rings. The number of nitrogens with one attached hydrogen (secondary N) is 1. The first-order valence-electron chi connectivity index (χ1n) is 4.61. The Labute approximate surface area is 84.0 Å². The third kappa shape index (κ3) is 3.60. The van der Waals surface area contributed by atoms with E-state index in [4.69, 9.17) is 5.11 Å². The molecule has 0 spiro atoms. The highest BCUT2D eigenvalue weighted by Gasteiger charge is 2.13. The van der Waals surface area contributed by atoms with E-state index >= 15 is 0 Å². The second kappa shape index (κ2) is 5.42. The average Bonchev–Trinajstić information content (AvgIpc) is 2.14. The zero-order chi connectivity index (χ0) is 11.3. The Kier molecular flexibility index (Phi) is 4.91. The van der Waals surface area contributed by atoms with E-state index in [0.717, 1.165) is 6.42 Å². The summed E-state index contributed by atoms with van der Waals surface area (Å²) >= 11 is 0. The van der Waals surface area contributed by atoms with Crippen LogP contribution in [0.25, 0.3) is 0 Å². The van der Waals surface area contributed by atoms with Crippen molar-refractivity contribution in [3.05, 3.63) is 11.1 Å². The second-order valence-electron chi connectivity index (χ2n) is 3.34. The van der Waals surface area contributed by atoms with Crippen LogP contribution in [0.15, 0.2) is 11.1 Å². The Hall–Kier alpha value is -1.32. The predicted molar refractivity (Wildman–Crippen MR) is 53.9 cm³/mol. The van der Waals surface area contributed by atoms with Crippen molar-refractivity contribution in [1.82, 2.24) is 5.32 Å². The minimum Gasteiger partial charge on any atom is -0.478 e. The SMILES string of the molecule is CCC(C)NC(=O)C(C)=C(C)C(=O)O. The Morgan fingerprint density at radius 1 is 1.29 bits per heavy atom. The molecule has 0 aromatic heterocycles. The maximum atomic E-state index is 11.4. The molecule has 0 bridgehead atoms. The maximum absolute atomic E-state index is 11.4. The summed E-state index contributed by atoms with van der Waals surface area (Å²) in [6.45, 7) is 6.77. The molecule has 4 nitrogen and oxygen atoms in total. The van der Waals surface area contributed by atoms with Crippen LogP contribution in [0.2, 0.25) is 0 Å². The third-order valence-corrected chi connectivity index (χ3v) is 2.21. The fourth-order valence-corrected chi connectivity index (χ4v) is 0.765. The van der Waals surface area contributed by atoms with Gasteiger partial charge in [-0.25, -0.2) is 4.79 Å². The molecule has 80 valence electrons. The Morgan fingerprint density at radius 3 is 2.14 bits per heavy atom. The molecule has 14 heavy (non-hydrogen) atoms. The molecular formula is C10H17NO3. The highest BCUT2D eigenvalue weighted by Crippen LogP contribution is 2.04. The van der Waals surface area contributed by atoms with Gasteiger partial charge in [-0.2, -0.15) is 0 Å². The van der Waals surface area contributed by atoms with Gasteiger partial charge < -0.3 is 10.4 Å². The Balaban J connectivity index is 4.54. The van der Waals surface area contributed by atoms with E-state index in [1.165, 1.54) is 13.8 Å². The van der Waals surface area contributed by atoms with Gasteiger partial charge >= 0.3 is 5.97 Å². The van der Waals surface area contributed by atoms with Gasteiger partial charge in [0.2, 0.25) is 5.91 Å². The summed E-state index contributed by atoms with van der Waals surface area (Å²) in [5.41, 5.74) is 0.351. The molecule has 0 aliphatic carbocycles. The first-order valence-corrected chi connectivity index (χ1v) is 4.61. The van der Waals surface area contributed by atoms with E-state index in [2.05, 4.69) is 5.32 Å². The minimum absolute atomic E-state index is 0.0686. The van der Waals surface area contributed by atoms with Crippen LogP contribution in [0.4, 0.5) is 0 Å². The molecule has 0 aliphatic heterocycles. The molecule has 1 atom stereocenters. The van der Waals surface area contributed by atoms with Crippen molar-refractivity contribution in [2.24, 2.45) is 0 Å². The van der Waals surface area contributed by atoms with Crippen LogP contribution >= 0.6 is 0 Å². The van der Waals surface area contributed by atoms with Crippen molar-refractivity contribution < 1.29 is 14.7 Å². The molecule has 0 saturated carbocycles. The van der Waals surface area contributed by atoms with Crippen LogP contribution in [0, 0.1) is 0 Å². The molecular weight excluding hydrogens is 182 g/mol. The van der Waals surface area contributed by atoms with Gasteiger partial charge in [-0.3, -0.25) is 4.79 Å². The van der Waals surface area contributed by atoms with E-state index in [1.54, 1.807) is 0 Å². The topological polar surface area (TPSA) is 66.4 Å². The highest BCUT2D eigenvalue weighted by atomic mass is 16.4. The summed E-state index contributed by atoms with van der Waals surface area (Å²) in [5, 5.41) is 11.4. The summed E-state index contributed by atoms with van der Waals surface area (Å²) in [7, 11) is 0. The van der Waals surface area contributed by atoms with Crippen molar-refractivity contribution in [2.75, 3.05) is 0 Å². The van der Waals surface area contributed by atoms with Crippen LogP contribution < -0.4 is 5.32 Å². The number of carboxylic acids is 1. The van der Waals surface area contributed by atoms with Gasteiger partial charge in [0.1, 0.15) is 0 Å². The lowest BCUT2D eigenvalue weighted by atomic mass is 10.1. The lowest BCUT2D eigenvalue weighted by Crippen LogP contribution is -2.33. The van der Waals surface area contributed by atoms with Gasteiger partial charge in [-0.15, -0.1) is 0 Å². The summed E-state index contributed by atoms with van der Waals surface area (Å²) in [6, 6.07) is 0.0686. The number of aliphatic carboxylic acids is 1. The number of hydrogen-bond donors (Lipinski definition) is 2. The van der Waals surface area contributed by atoms with Gasteiger partial charge in [0.15, 0.2) is 0 Å². The molecule has 1 amide bonds. The number of carbonyl (C=O) groups excluding carboxylic acids is 1. The van der Waals surface area contributed by atoms with Crippen LogP contribution in [-0.4, -0.2) is 23.0 Å². The van der Waals surface area contributed by atoms with Gasteiger partial charge in [-0.1, -0.05) is 6.92 Å². The Bertz CT molecular complexity index is 269. The predicted octanol–water partition coefficient (Wildman–Crippen LogP) is 1.32. The fraction of sp³-hybridized carbons (Fsp3) is 0.600. The molecule has 0 aromatic carbocycles. The molecule has 2 N–H and O–H groups in total. The highest BCUT2D eigenvalue weighted by molar-refractivity contribution is 6.01. The molecule has 0 heterocycles. The van der Waals surface area contributed by atoms with Gasteiger partial charge in [0.05, 0.1) is 0 Å². The smallest absolute Gasteiger partial charge is 0.331 e. The summed E-state index contributed by atoms with van der Waals surface area (Å²) < 4.78 is 0. The lowest BCUT2D eigenvalue weighted by molar-refractivity contribution is -0.133. The van der Waals surface area contributed by atoms with E-state index in [9.17, 15) is 9.59 Å². The maximum Gasteiger partial charge on any atom is 0.331 e. The van der Waals surface area contributed by atoms with E-state index in [-0.39, 0.29) is 23.1 Å². The second-order valence-corrected chi connectivity index (χ2v) is 3.34. The van der Waals surface area contributed by atoms with E-state index < -0.39 is 5.97 Å². The van der Waals surface area contributed by atoms with Crippen molar-refractivity contribution in [2.45, 2.75) is 40.2 Å². The summed E-state index contributed by atoms with van der Waals surface area (Å²) in [4.78, 5) is 22.0. The molecule has 4 heteroatoms. The largest absolute Gasteiger partial charge is 0.478 e. The van der Waals surface area contributed by atoms with Gasteiger partial charge in [0, 0.05) is 17.2 Å². The Morgan fingerprint density at radius 2 is 1.79 bits per heavy atom. The molecule has 0 fully saturated rings. The van der Waals surface area contributed by atoms with E-state index in [0.29, 0.717) is 0 Å². The summed E-state index contributed by atoms with van der Waals surface area (Å²) in [6.07, 6.45) is 0.825. The van der Waals surface area contributed by atoms with Crippen LogP contribution in [0.3, 0.4) is 0 Å². The van der Waals surface area contributed by atoms with Gasteiger partial charge in [0.25, 0.3) is 0 Å².